The van der Waals surface area contributed by atoms with Gasteiger partial charge in [-0.05, 0) is 33.2 Å². The molecule has 1 heterocycles. The minimum atomic E-state index is 0.611. The highest BCUT2D eigenvalue weighted by atomic mass is 15.2. The summed E-state index contributed by atoms with van der Waals surface area (Å²) < 4.78 is 2.24. The summed E-state index contributed by atoms with van der Waals surface area (Å²) in [6.07, 6.45) is 7.82. The van der Waals surface area contributed by atoms with Gasteiger partial charge in [0.05, 0.1) is 12.0 Å². The van der Waals surface area contributed by atoms with E-state index in [0.717, 1.165) is 32.1 Å². The van der Waals surface area contributed by atoms with E-state index in [0.29, 0.717) is 6.04 Å². The maximum Gasteiger partial charge on any atom is 0.0948 e. The van der Waals surface area contributed by atoms with Crippen molar-refractivity contribution in [2.45, 2.75) is 58.3 Å². The lowest BCUT2D eigenvalue weighted by Gasteiger charge is -2.24. The van der Waals surface area contributed by atoms with Crippen LogP contribution in [-0.2, 0) is 13.1 Å². The average molecular weight is 250 g/mol. The lowest BCUT2D eigenvalue weighted by molar-refractivity contribution is 0.240. The van der Waals surface area contributed by atoms with Crippen molar-refractivity contribution in [2.24, 2.45) is 0 Å². The van der Waals surface area contributed by atoms with Gasteiger partial charge in [-0.3, -0.25) is 4.90 Å². The number of hydrogen-bond donors (Lipinski definition) is 1. The third kappa shape index (κ3) is 3.56. The molecule has 0 spiro atoms. The quantitative estimate of drug-likeness (QED) is 0.764. The Morgan fingerprint density at radius 3 is 3.00 bits per heavy atom. The first-order valence-electron chi connectivity index (χ1n) is 7.14. The zero-order valence-corrected chi connectivity index (χ0v) is 11.9. The molecule has 2 rings (SSSR count). The van der Waals surface area contributed by atoms with Crippen LogP contribution in [0.4, 0.5) is 0 Å². The minimum Gasteiger partial charge on any atom is -0.333 e. The lowest BCUT2D eigenvalue weighted by Crippen LogP contribution is -2.39. The van der Waals surface area contributed by atoms with Crippen LogP contribution in [0.15, 0.2) is 12.5 Å². The molecule has 0 bridgehead atoms. The van der Waals surface area contributed by atoms with E-state index in [1.807, 2.05) is 12.5 Å². The molecular weight excluding hydrogens is 224 g/mol. The summed E-state index contributed by atoms with van der Waals surface area (Å²) in [5.74, 6) is 0. The number of nitrogens with one attached hydrogen (secondary N) is 1. The Kier molecular flexibility index (Phi) is 4.78. The fourth-order valence-electron chi connectivity index (χ4n) is 2.33. The summed E-state index contributed by atoms with van der Waals surface area (Å²) in [5, 5.41) is 3.55. The van der Waals surface area contributed by atoms with E-state index in [1.54, 1.807) is 0 Å². The summed E-state index contributed by atoms with van der Waals surface area (Å²) >= 11 is 0. The molecule has 1 aliphatic rings. The van der Waals surface area contributed by atoms with E-state index in [-0.39, 0.29) is 0 Å². The van der Waals surface area contributed by atoms with Crippen molar-refractivity contribution >= 4 is 0 Å². The Labute approximate surface area is 110 Å². The second-order valence-corrected chi connectivity index (χ2v) is 5.45. The summed E-state index contributed by atoms with van der Waals surface area (Å²) in [7, 11) is 2.24. The normalized spacial score (nSPS) is 17.3. The lowest BCUT2D eigenvalue weighted by atomic mass is 10.3. The maximum atomic E-state index is 4.22. The van der Waals surface area contributed by atoms with Gasteiger partial charge in [0, 0.05) is 37.9 Å². The molecule has 1 fully saturated rings. The van der Waals surface area contributed by atoms with Gasteiger partial charge >= 0.3 is 0 Å². The Hall–Kier alpha value is -0.870. The first kappa shape index (κ1) is 13.6. The summed E-state index contributed by atoms with van der Waals surface area (Å²) in [6.45, 7) is 7.53. The number of hydrogen-bond acceptors (Lipinski definition) is 3. The number of aryl methyl sites for hydroxylation is 1. The molecule has 102 valence electrons. The fourth-order valence-corrected chi connectivity index (χ4v) is 2.33. The van der Waals surface area contributed by atoms with Crippen LogP contribution >= 0.6 is 0 Å². The van der Waals surface area contributed by atoms with Crippen molar-refractivity contribution in [3.8, 4) is 0 Å². The van der Waals surface area contributed by atoms with Crippen molar-refractivity contribution in [1.82, 2.24) is 19.8 Å². The second-order valence-electron chi connectivity index (χ2n) is 5.45. The number of imidazole rings is 1. The number of likely N-dealkylation sites (N-methyl/N-ethyl adjacent to an activating group) is 1. The molecule has 1 aromatic heterocycles. The first-order chi connectivity index (χ1) is 8.72. The van der Waals surface area contributed by atoms with Gasteiger partial charge in [0.1, 0.15) is 0 Å². The maximum absolute atomic E-state index is 4.22. The van der Waals surface area contributed by atoms with E-state index < -0.39 is 0 Å². The molecule has 18 heavy (non-hydrogen) atoms. The Morgan fingerprint density at radius 1 is 1.56 bits per heavy atom. The van der Waals surface area contributed by atoms with Crippen LogP contribution in [0, 0.1) is 0 Å². The van der Waals surface area contributed by atoms with Gasteiger partial charge in [-0.15, -0.1) is 0 Å². The molecule has 0 saturated heterocycles. The number of rotatable bonds is 8. The molecule has 1 saturated carbocycles. The molecule has 0 aliphatic heterocycles. The summed E-state index contributed by atoms with van der Waals surface area (Å²) in [4.78, 5) is 6.72. The molecule has 1 N–H and O–H groups in total. The topological polar surface area (TPSA) is 33.1 Å². The van der Waals surface area contributed by atoms with E-state index >= 15 is 0 Å². The zero-order valence-electron chi connectivity index (χ0n) is 11.9. The molecule has 1 aliphatic carbocycles. The van der Waals surface area contributed by atoms with Crippen molar-refractivity contribution in [3.05, 3.63) is 18.2 Å². The second kappa shape index (κ2) is 6.34. The fraction of sp³-hybridized carbons (Fsp3) is 0.786. The van der Waals surface area contributed by atoms with Crippen LogP contribution in [0.3, 0.4) is 0 Å². The number of nitrogens with zero attached hydrogens (tertiary/aromatic N) is 3. The van der Waals surface area contributed by atoms with Crippen molar-refractivity contribution in [1.29, 1.82) is 0 Å². The van der Waals surface area contributed by atoms with Gasteiger partial charge in [-0.1, -0.05) is 6.92 Å². The highest BCUT2D eigenvalue weighted by Crippen LogP contribution is 2.26. The third-order valence-corrected chi connectivity index (χ3v) is 3.83. The van der Waals surface area contributed by atoms with Crippen molar-refractivity contribution < 1.29 is 0 Å². The van der Waals surface area contributed by atoms with Gasteiger partial charge in [0.2, 0.25) is 0 Å². The SMILES string of the molecule is CCCn1cncc1CNCC(C)N(C)C1CC1. The zero-order chi connectivity index (χ0) is 13.0. The highest BCUT2D eigenvalue weighted by molar-refractivity contribution is 4.98. The molecule has 1 unspecified atom stereocenters. The highest BCUT2D eigenvalue weighted by Gasteiger charge is 2.28. The minimum absolute atomic E-state index is 0.611. The Balaban J connectivity index is 1.72. The average Bonchev–Trinajstić information content (AvgIpc) is 3.12. The monoisotopic (exact) mass is 250 g/mol. The van der Waals surface area contributed by atoms with Crippen LogP contribution in [0.2, 0.25) is 0 Å². The standard InChI is InChI=1S/C14H26N4/c1-4-7-18-11-16-10-14(18)9-15-8-12(2)17(3)13-5-6-13/h10-13,15H,4-9H2,1-3H3. The number of aromatic nitrogens is 2. The molecular formula is C14H26N4. The van der Waals surface area contributed by atoms with E-state index in [9.17, 15) is 0 Å². The molecule has 0 radical (unpaired) electrons. The molecule has 1 atom stereocenters. The van der Waals surface area contributed by atoms with Crippen LogP contribution in [0.25, 0.3) is 0 Å². The predicted octanol–water partition coefficient (Wildman–Crippen LogP) is 1.87. The first-order valence-corrected chi connectivity index (χ1v) is 7.14. The van der Waals surface area contributed by atoms with Crippen molar-refractivity contribution in [3.63, 3.8) is 0 Å². The van der Waals surface area contributed by atoms with Crippen molar-refractivity contribution in [2.75, 3.05) is 13.6 Å². The smallest absolute Gasteiger partial charge is 0.0948 e. The molecule has 4 nitrogen and oxygen atoms in total. The van der Waals surface area contributed by atoms with Crippen LogP contribution in [0.5, 0.6) is 0 Å². The van der Waals surface area contributed by atoms with Gasteiger partial charge in [0.15, 0.2) is 0 Å². The summed E-state index contributed by atoms with van der Waals surface area (Å²) in [5.41, 5.74) is 1.29. The van der Waals surface area contributed by atoms with Gasteiger partial charge < -0.3 is 9.88 Å². The largest absolute Gasteiger partial charge is 0.333 e. The third-order valence-electron chi connectivity index (χ3n) is 3.83. The molecule has 0 amide bonds. The summed E-state index contributed by atoms with van der Waals surface area (Å²) in [6, 6.07) is 1.45. The van der Waals surface area contributed by atoms with Gasteiger partial charge in [-0.25, -0.2) is 4.98 Å². The van der Waals surface area contributed by atoms with Crippen LogP contribution < -0.4 is 5.32 Å². The van der Waals surface area contributed by atoms with E-state index in [4.69, 9.17) is 0 Å². The van der Waals surface area contributed by atoms with Gasteiger partial charge in [0.25, 0.3) is 0 Å². The Bertz CT molecular complexity index is 356. The van der Waals surface area contributed by atoms with Crippen LogP contribution in [0.1, 0.15) is 38.8 Å². The Morgan fingerprint density at radius 2 is 2.33 bits per heavy atom. The molecule has 4 heteroatoms. The van der Waals surface area contributed by atoms with Gasteiger partial charge in [-0.2, -0.15) is 0 Å². The van der Waals surface area contributed by atoms with E-state index in [1.165, 1.54) is 18.5 Å². The predicted molar refractivity (Wildman–Crippen MR) is 74.5 cm³/mol. The van der Waals surface area contributed by atoms with E-state index in [2.05, 4.69) is 40.7 Å². The van der Waals surface area contributed by atoms with Crippen LogP contribution in [-0.4, -0.2) is 40.1 Å². The molecule has 1 aromatic rings. The molecule has 0 aromatic carbocycles.